The molecule has 6 nitrogen and oxygen atoms in total. The number of methoxy groups -OCH3 is 1. The summed E-state index contributed by atoms with van der Waals surface area (Å²) in [6.45, 7) is 4.86. The number of carbonyl (C=O) groups is 2. The van der Waals surface area contributed by atoms with Gasteiger partial charge in [-0.05, 0) is 38.1 Å². The molecule has 0 heterocycles. The Morgan fingerprint density at radius 1 is 1.25 bits per heavy atom. The summed E-state index contributed by atoms with van der Waals surface area (Å²) in [4.78, 5) is 25.7. The summed E-state index contributed by atoms with van der Waals surface area (Å²) in [5.41, 5.74) is 0.491. The molecule has 0 aromatic heterocycles. The van der Waals surface area contributed by atoms with Gasteiger partial charge in [-0.3, -0.25) is 9.59 Å². The molecule has 0 saturated carbocycles. The fraction of sp³-hybridized carbons (Fsp3) is 0.500. The van der Waals surface area contributed by atoms with Crippen molar-refractivity contribution in [1.29, 1.82) is 0 Å². The zero-order valence-electron chi connectivity index (χ0n) is 14.2. The highest BCUT2D eigenvalue weighted by atomic mass is 35.5. The molecule has 0 unspecified atom stereocenters. The van der Waals surface area contributed by atoms with Crippen molar-refractivity contribution in [2.75, 3.05) is 38.7 Å². The molecular formula is C16H25ClFN3O3. The van der Waals surface area contributed by atoms with Crippen LogP contribution in [0.3, 0.4) is 0 Å². The summed E-state index contributed by atoms with van der Waals surface area (Å²) >= 11 is 0. The van der Waals surface area contributed by atoms with Gasteiger partial charge < -0.3 is 20.3 Å². The van der Waals surface area contributed by atoms with Crippen LogP contribution >= 0.6 is 12.4 Å². The molecule has 0 radical (unpaired) electrons. The van der Waals surface area contributed by atoms with E-state index in [9.17, 15) is 14.0 Å². The summed E-state index contributed by atoms with van der Waals surface area (Å²) in [5, 5.41) is 5.61. The summed E-state index contributed by atoms with van der Waals surface area (Å²) in [5.74, 6) is -0.856. The van der Waals surface area contributed by atoms with Gasteiger partial charge in [-0.25, -0.2) is 4.39 Å². The normalized spacial score (nSPS) is 10.2. The Hall–Kier alpha value is -1.70. The number of hydrogen-bond acceptors (Lipinski definition) is 4. The van der Waals surface area contributed by atoms with Crippen LogP contribution in [-0.4, -0.2) is 56.1 Å². The Kier molecular flexibility index (Phi) is 10.9. The first-order chi connectivity index (χ1) is 10.9. The van der Waals surface area contributed by atoms with Crippen LogP contribution in [0.2, 0.25) is 0 Å². The summed E-state index contributed by atoms with van der Waals surface area (Å²) in [6.07, 6.45) is 0. The van der Waals surface area contributed by atoms with Gasteiger partial charge >= 0.3 is 0 Å². The Labute approximate surface area is 148 Å². The van der Waals surface area contributed by atoms with E-state index in [-0.39, 0.29) is 49.2 Å². The molecule has 0 atom stereocenters. The van der Waals surface area contributed by atoms with Crippen molar-refractivity contribution >= 4 is 29.9 Å². The second-order valence-corrected chi connectivity index (χ2v) is 5.34. The molecule has 136 valence electrons. The predicted molar refractivity (Wildman–Crippen MR) is 93.9 cm³/mol. The molecule has 24 heavy (non-hydrogen) atoms. The van der Waals surface area contributed by atoms with Gasteiger partial charge in [0.1, 0.15) is 12.4 Å². The van der Waals surface area contributed by atoms with E-state index in [0.717, 1.165) is 0 Å². The summed E-state index contributed by atoms with van der Waals surface area (Å²) in [7, 11) is 1.59. The van der Waals surface area contributed by atoms with Gasteiger partial charge in [-0.15, -0.1) is 12.4 Å². The van der Waals surface area contributed by atoms with E-state index in [1.807, 2.05) is 13.8 Å². The number of benzene rings is 1. The Bertz CT molecular complexity index is 512. The van der Waals surface area contributed by atoms with Gasteiger partial charge in [0.05, 0.1) is 13.2 Å². The molecule has 1 rings (SSSR count). The number of carbonyl (C=O) groups excluding carboxylic acids is 2. The minimum Gasteiger partial charge on any atom is -0.383 e. The molecule has 0 fully saturated rings. The highest BCUT2D eigenvalue weighted by molar-refractivity contribution is 5.94. The lowest BCUT2D eigenvalue weighted by atomic mass is 10.2. The van der Waals surface area contributed by atoms with E-state index in [1.165, 1.54) is 29.2 Å². The largest absolute Gasteiger partial charge is 0.383 e. The van der Waals surface area contributed by atoms with Crippen molar-refractivity contribution in [2.45, 2.75) is 19.9 Å². The van der Waals surface area contributed by atoms with E-state index in [4.69, 9.17) is 4.74 Å². The molecule has 2 N–H and O–H groups in total. The van der Waals surface area contributed by atoms with Crippen LogP contribution in [0.1, 0.15) is 13.8 Å². The number of rotatable bonds is 9. The number of amides is 2. The van der Waals surface area contributed by atoms with Crippen molar-refractivity contribution in [3.8, 4) is 0 Å². The maximum atomic E-state index is 12.8. The first kappa shape index (κ1) is 22.3. The predicted octanol–water partition coefficient (Wildman–Crippen LogP) is 1.66. The van der Waals surface area contributed by atoms with Crippen LogP contribution in [0.4, 0.5) is 10.1 Å². The van der Waals surface area contributed by atoms with Crippen LogP contribution < -0.4 is 10.6 Å². The zero-order valence-corrected chi connectivity index (χ0v) is 15.0. The Balaban J connectivity index is 0.00000529. The smallest absolute Gasteiger partial charge is 0.244 e. The molecule has 0 saturated heterocycles. The SMILES string of the molecule is COCCNCC(=O)N(CC(=O)Nc1ccc(F)cc1)C(C)C.Cl. The molecule has 1 aromatic rings. The van der Waals surface area contributed by atoms with Gasteiger partial charge in [0.15, 0.2) is 0 Å². The fourth-order valence-corrected chi connectivity index (χ4v) is 1.92. The Morgan fingerprint density at radius 3 is 2.42 bits per heavy atom. The lowest BCUT2D eigenvalue weighted by Gasteiger charge is -2.26. The fourth-order valence-electron chi connectivity index (χ4n) is 1.92. The maximum Gasteiger partial charge on any atom is 0.244 e. The van der Waals surface area contributed by atoms with E-state index < -0.39 is 0 Å². The van der Waals surface area contributed by atoms with Gasteiger partial charge in [0.2, 0.25) is 11.8 Å². The van der Waals surface area contributed by atoms with E-state index in [2.05, 4.69) is 10.6 Å². The van der Waals surface area contributed by atoms with Crippen molar-refractivity contribution in [1.82, 2.24) is 10.2 Å². The molecule has 2 amide bonds. The number of ether oxygens (including phenoxy) is 1. The van der Waals surface area contributed by atoms with Gasteiger partial charge in [-0.2, -0.15) is 0 Å². The molecule has 0 aliphatic carbocycles. The highest BCUT2D eigenvalue weighted by Gasteiger charge is 2.19. The van der Waals surface area contributed by atoms with Crippen molar-refractivity contribution in [3.63, 3.8) is 0 Å². The lowest BCUT2D eigenvalue weighted by molar-refractivity contribution is -0.135. The average Bonchev–Trinajstić information content (AvgIpc) is 2.51. The van der Waals surface area contributed by atoms with Gasteiger partial charge in [0.25, 0.3) is 0 Å². The van der Waals surface area contributed by atoms with Crippen LogP contribution in [0.5, 0.6) is 0 Å². The number of nitrogens with zero attached hydrogens (tertiary/aromatic N) is 1. The van der Waals surface area contributed by atoms with Crippen LogP contribution in [-0.2, 0) is 14.3 Å². The molecule has 0 aliphatic heterocycles. The van der Waals surface area contributed by atoms with E-state index in [1.54, 1.807) is 7.11 Å². The third kappa shape index (κ3) is 8.24. The minimum absolute atomic E-state index is 0. The van der Waals surface area contributed by atoms with Gasteiger partial charge in [0, 0.05) is 25.4 Å². The molecule has 0 bridgehead atoms. The monoisotopic (exact) mass is 361 g/mol. The molecule has 8 heteroatoms. The second kappa shape index (κ2) is 11.8. The summed E-state index contributed by atoms with van der Waals surface area (Å²) < 4.78 is 17.7. The second-order valence-electron chi connectivity index (χ2n) is 5.34. The number of anilines is 1. The van der Waals surface area contributed by atoms with Crippen LogP contribution in [0.15, 0.2) is 24.3 Å². The van der Waals surface area contributed by atoms with Crippen molar-refractivity contribution in [3.05, 3.63) is 30.1 Å². The molecular weight excluding hydrogens is 337 g/mol. The standard InChI is InChI=1S/C16H24FN3O3.ClH/c1-12(2)20(16(22)10-18-8-9-23-3)11-15(21)19-14-6-4-13(17)5-7-14;/h4-7,12,18H,8-11H2,1-3H3,(H,19,21);1H. The van der Waals surface area contributed by atoms with Crippen LogP contribution in [0, 0.1) is 5.82 Å². The highest BCUT2D eigenvalue weighted by Crippen LogP contribution is 2.08. The van der Waals surface area contributed by atoms with E-state index >= 15 is 0 Å². The maximum absolute atomic E-state index is 12.8. The number of hydrogen-bond donors (Lipinski definition) is 2. The topological polar surface area (TPSA) is 70.7 Å². The lowest BCUT2D eigenvalue weighted by Crippen LogP contribution is -2.46. The van der Waals surface area contributed by atoms with Crippen LogP contribution in [0.25, 0.3) is 0 Å². The van der Waals surface area contributed by atoms with Crippen molar-refractivity contribution < 1.29 is 18.7 Å². The van der Waals surface area contributed by atoms with Crippen molar-refractivity contribution in [2.24, 2.45) is 0 Å². The molecule has 0 spiro atoms. The first-order valence-electron chi connectivity index (χ1n) is 7.48. The average molecular weight is 362 g/mol. The third-order valence-electron chi connectivity index (χ3n) is 3.14. The van der Waals surface area contributed by atoms with E-state index in [0.29, 0.717) is 18.8 Å². The first-order valence-corrected chi connectivity index (χ1v) is 7.48. The number of halogens is 2. The van der Waals surface area contributed by atoms with Gasteiger partial charge in [-0.1, -0.05) is 0 Å². The summed E-state index contributed by atoms with van der Waals surface area (Å²) in [6, 6.07) is 5.37. The quantitative estimate of drug-likeness (QED) is 0.656. The Morgan fingerprint density at radius 2 is 1.88 bits per heavy atom. The minimum atomic E-state index is -0.371. The molecule has 1 aromatic carbocycles. The zero-order chi connectivity index (χ0) is 17.2. The molecule has 0 aliphatic rings. The third-order valence-corrected chi connectivity index (χ3v) is 3.14. The number of nitrogens with one attached hydrogen (secondary N) is 2.